The second kappa shape index (κ2) is 10.8. The number of nitrogens with zero attached hydrogens (tertiary/aromatic N) is 5. The molecule has 0 N–H and O–H groups in total. The predicted octanol–water partition coefficient (Wildman–Crippen LogP) is 5.23. The van der Waals surface area contributed by atoms with Crippen molar-refractivity contribution in [1.82, 2.24) is 14.7 Å². The third-order valence-electron chi connectivity index (χ3n) is 6.20. The Balaban J connectivity index is 1.89. The summed E-state index contributed by atoms with van der Waals surface area (Å²) in [4.78, 5) is 38.4. The highest BCUT2D eigenvalue weighted by atomic mass is 16.6. The molecule has 0 atom stereocenters. The maximum Gasteiger partial charge on any atom is 0.271 e. The van der Waals surface area contributed by atoms with Gasteiger partial charge < -0.3 is 0 Å². The Bertz CT molecular complexity index is 1480. The zero-order chi connectivity index (χ0) is 26.5. The molecule has 0 aliphatic carbocycles. The first-order valence-electron chi connectivity index (χ1n) is 11.9. The van der Waals surface area contributed by atoms with Crippen LogP contribution in [-0.2, 0) is 9.59 Å². The van der Waals surface area contributed by atoms with E-state index >= 15 is 0 Å². The lowest BCUT2D eigenvalue weighted by atomic mass is 9.93. The summed E-state index contributed by atoms with van der Waals surface area (Å²) in [7, 11) is 0. The zero-order valence-corrected chi connectivity index (χ0v) is 20.5. The SMILES string of the molecule is CCCCCN1C(=O)C(C#N)=C(C)/C(=C\c2cn(-c3ccccc3)nc2-c2cccc([N+](=O)[O-])c2)C1=O. The summed E-state index contributed by atoms with van der Waals surface area (Å²) in [6.07, 6.45) is 5.74. The van der Waals surface area contributed by atoms with Gasteiger partial charge in [0.1, 0.15) is 17.3 Å². The monoisotopic (exact) mass is 495 g/mol. The van der Waals surface area contributed by atoms with E-state index in [0.717, 1.165) is 23.4 Å². The number of imide groups is 1. The standard InChI is InChI=1S/C28H25N5O4/c1-3-4-8-14-31-27(34)24(19(2)25(17-29)28(31)35)16-21-18-32(22-11-6-5-7-12-22)30-26(21)20-10-9-13-23(15-20)33(36)37/h5-7,9-13,15-16,18H,3-4,8,14H2,1-2H3/b24-16+. The third-order valence-corrected chi connectivity index (χ3v) is 6.20. The smallest absolute Gasteiger partial charge is 0.271 e. The van der Waals surface area contributed by atoms with Crippen molar-refractivity contribution in [3.05, 3.63) is 93.2 Å². The minimum absolute atomic E-state index is 0.0744. The van der Waals surface area contributed by atoms with Crippen LogP contribution in [0.3, 0.4) is 0 Å². The average Bonchev–Trinajstić information content (AvgIpc) is 3.33. The van der Waals surface area contributed by atoms with Gasteiger partial charge in [-0.3, -0.25) is 24.6 Å². The maximum atomic E-state index is 13.5. The van der Waals surface area contributed by atoms with E-state index in [-0.39, 0.29) is 23.4 Å². The topological polar surface area (TPSA) is 122 Å². The number of amides is 2. The van der Waals surface area contributed by atoms with Crippen LogP contribution in [-0.4, -0.2) is 38.0 Å². The van der Waals surface area contributed by atoms with Crippen molar-refractivity contribution in [3.63, 3.8) is 0 Å². The van der Waals surface area contributed by atoms with Crippen LogP contribution in [0.4, 0.5) is 5.69 Å². The molecule has 0 unspecified atom stereocenters. The van der Waals surface area contributed by atoms with Gasteiger partial charge in [0.05, 0.1) is 10.6 Å². The summed E-state index contributed by atoms with van der Waals surface area (Å²) < 4.78 is 1.63. The molecule has 1 aliphatic heterocycles. The molecule has 1 aliphatic rings. The van der Waals surface area contributed by atoms with Crippen molar-refractivity contribution < 1.29 is 14.5 Å². The lowest BCUT2D eigenvalue weighted by molar-refractivity contribution is -0.384. The number of para-hydroxylation sites is 1. The number of carbonyl (C=O) groups is 2. The Hall–Kier alpha value is -4.84. The number of nitriles is 1. The highest BCUT2D eigenvalue weighted by molar-refractivity contribution is 6.19. The van der Waals surface area contributed by atoms with Gasteiger partial charge in [0, 0.05) is 41.6 Å². The highest BCUT2D eigenvalue weighted by Crippen LogP contribution is 2.32. The van der Waals surface area contributed by atoms with Crippen molar-refractivity contribution in [1.29, 1.82) is 5.26 Å². The van der Waals surface area contributed by atoms with E-state index in [1.807, 2.05) is 43.3 Å². The Morgan fingerprint density at radius 3 is 2.51 bits per heavy atom. The predicted molar refractivity (Wildman–Crippen MR) is 138 cm³/mol. The van der Waals surface area contributed by atoms with Crippen molar-refractivity contribution in [2.24, 2.45) is 0 Å². The van der Waals surface area contributed by atoms with Crippen molar-refractivity contribution in [2.75, 3.05) is 6.54 Å². The largest absolute Gasteiger partial charge is 0.274 e. The molecule has 186 valence electrons. The van der Waals surface area contributed by atoms with E-state index in [1.54, 1.807) is 36.0 Å². The van der Waals surface area contributed by atoms with Crippen LogP contribution >= 0.6 is 0 Å². The molecular formula is C28H25N5O4. The number of nitro groups is 1. The van der Waals surface area contributed by atoms with E-state index in [4.69, 9.17) is 0 Å². The quantitative estimate of drug-likeness (QED) is 0.139. The minimum atomic E-state index is -0.586. The van der Waals surface area contributed by atoms with Crippen molar-refractivity contribution in [2.45, 2.75) is 33.1 Å². The normalized spacial score (nSPS) is 14.8. The number of non-ortho nitro benzene ring substituents is 1. The van der Waals surface area contributed by atoms with Gasteiger partial charge in [-0.2, -0.15) is 10.4 Å². The molecule has 0 saturated heterocycles. The molecule has 0 radical (unpaired) electrons. The fourth-order valence-corrected chi connectivity index (χ4v) is 4.21. The van der Waals surface area contributed by atoms with Crippen LogP contribution < -0.4 is 0 Å². The first-order valence-corrected chi connectivity index (χ1v) is 11.9. The van der Waals surface area contributed by atoms with Crippen LogP contribution in [0.25, 0.3) is 23.0 Å². The molecule has 9 heteroatoms. The highest BCUT2D eigenvalue weighted by Gasteiger charge is 2.35. The van der Waals surface area contributed by atoms with Crippen LogP contribution in [0.1, 0.15) is 38.7 Å². The number of aromatic nitrogens is 2. The third kappa shape index (κ3) is 5.09. The van der Waals surface area contributed by atoms with Crippen LogP contribution in [0.2, 0.25) is 0 Å². The summed E-state index contributed by atoms with van der Waals surface area (Å²) in [5.41, 5.74) is 2.55. The second-order valence-corrected chi connectivity index (χ2v) is 8.66. The molecule has 0 spiro atoms. The molecule has 0 saturated carbocycles. The van der Waals surface area contributed by atoms with Crippen molar-refractivity contribution >= 4 is 23.6 Å². The Labute approximate surface area is 214 Å². The number of unbranched alkanes of at least 4 members (excludes halogenated alkanes) is 2. The molecular weight excluding hydrogens is 470 g/mol. The summed E-state index contributed by atoms with van der Waals surface area (Å²) >= 11 is 0. The van der Waals surface area contributed by atoms with Gasteiger partial charge in [-0.15, -0.1) is 0 Å². The van der Waals surface area contributed by atoms with E-state index in [2.05, 4.69) is 5.10 Å². The van der Waals surface area contributed by atoms with Gasteiger partial charge in [0.2, 0.25) is 0 Å². The minimum Gasteiger partial charge on any atom is -0.274 e. The molecule has 2 amide bonds. The molecule has 3 aromatic rings. The fraction of sp³-hybridized carbons (Fsp3) is 0.214. The van der Waals surface area contributed by atoms with Crippen LogP contribution in [0, 0.1) is 21.4 Å². The molecule has 4 rings (SSSR count). The average molecular weight is 496 g/mol. The lowest BCUT2D eigenvalue weighted by Gasteiger charge is -2.27. The van der Waals surface area contributed by atoms with Gasteiger partial charge in [-0.1, -0.05) is 50.1 Å². The number of rotatable bonds is 8. The van der Waals surface area contributed by atoms with E-state index in [1.165, 1.54) is 12.1 Å². The molecule has 0 fully saturated rings. The van der Waals surface area contributed by atoms with Gasteiger partial charge in [-0.25, -0.2) is 4.68 Å². The van der Waals surface area contributed by atoms with Crippen molar-refractivity contribution in [3.8, 4) is 23.0 Å². The molecule has 2 heterocycles. The lowest BCUT2D eigenvalue weighted by Crippen LogP contribution is -2.43. The second-order valence-electron chi connectivity index (χ2n) is 8.66. The van der Waals surface area contributed by atoms with Crippen LogP contribution in [0.15, 0.2) is 77.5 Å². The number of hydrogen-bond acceptors (Lipinski definition) is 6. The first kappa shape index (κ1) is 25.3. The Kier molecular flexibility index (Phi) is 7.39. The number of carbonyl (C=O) groups excluding carboxylic acids is 2. The van der Waals surface area contributed by atoms with E-state index < -0.39 is 16.7 Å². The first-order chi connectivity index (χ1) is 17.8. The summed E-state index contributed by atoms with van der Waals surface area (Å²) in [5.74, 6) is -1.06. The van der Waals surface area contributed by atoms with Crippen LogP contribution in [0.5, 0.6) is 0 Å². The number of benzene rings is 2. The fourth-order valence-electron chi connectivity index (χ4n) is 4.21. The van der Waals surface area contributed by atoms with Gasteiger partial charge in [0.15, 0.2) is 0 Å². The molecule has 0 bridgehead atoms. The molecule has 37 heavy (non-hydrogen) atoms. The maximum absolute atomic E-state index is 13.5. The zero-order valence-electron chi connectivity index (χ0n) is 20.5. The Morgan fingerprint density at radius 1 is 1.08 bits per heavy atom. The summed E-state index contributed by atoms with van der Waals surface area (Å²) in [6, 6.07) is 17.4. The number of nitro benzene ring substituents is 1. The van der Waals surface area contributed by atoms with E-state index in [0.29, 0.717) is 28.8 Å². The molecule has 1 aromatic heterocycles. The van der Waals surface area contributed by atoms with Gasteiger partial charge >= 0.3 is 0 Å². The molecule has 9 nitrogen and oxygen atoms in total. The Morgan fingerprint density at radius 2 is 1.84 bits per heavy atom. The van der Waals surface area contributed by atoms with Gasteiger partial charge in [-0.05, 0) is 37.1 Å². The van der Waals surface area contributed by atoms with E-state index in [9.17, 15) is 25.0 Å². The van der Waals surface area contributed by atoms with Gasteiger partial charge in [0.25, 0.3) is 17.5 Å². The number of hydrogen-bond donors (Lipinski definition) is 0. The summed E-state index contributed by atoms with van der Waals surface area (Å²) in [5, 5.41) is 25.8. The summed E-state index contributed by atoms with van der Waals surface area (Å²) in [6.45, 7) is 3.83. The molecule has 2 aromatic carbocycles.